The number of benzene rings is 1. The van der Waals surface area contributed by atoms with Gasteiger partial charge in [0, 0.05) is 29.6 Å². The first-order chi connectivity index (χ1) is 8.17. The van der Waals surface area contributed by atoms with Crippen molar-refractivity contribution < 1.29 is 14.6 Å². The summed E-state index contributed by atoms with van der Waals surface area (Å²) in [6.45, 7) is 0.459. The number of aliphatic hydroxyl groups excluding tert-OH is 1. The Kier molecular flexibility index (Phi) is 6.00. The van der Waals surface area contributed by atoms with E-state index in [-0.39, 0.29) is 12.5 Å². The molecule has 0 atom stereocenters. The van der Waals surface area contributed by atoms with E-state index >= 15 is 0 Å². The second-order valence-corrected chi connectivity index (χ2v) is 4.48. The number of nitrogens with one attached hydrogen (secondary N) is 1. The lowest BCUT2D eigenvalue weighted by molar-refractivity contribution is -0.121. The van der Waals surface area contributed by atoms with E-state index in [9.17, 15) is 4.79 Å². The molecule has 0 aliphatic heterocycles. The fourth-order valence-corrected chi connectivity index (χ4v) is 1.82. The van der Waals surface area contributed by atoms with Gasteiger partial charge in [-0.3, -0.25) is 4.79 Å². The van der Waals surface area contributed by atoms with Gasteiger partial charge in [0.1, 0.15) is 5.75 Å². The minimum Gasteiger partial charge on any atom is -0.496 e. The van der Waals surface area contributed by atoms with Gasteiger partial charge in [0.2, 0.25) is 5.91 Å². The Labute approximate surface area is 109 Å². The van der Waals surface area contributed by atoms with Crippen LogP contribution in [0, 0.1) is 0 Å². The third-order valence-electron chi connectivity index (χ3n) is 2.28. The Bertz CT molecular complexity index is 382. The second kappa shape index (κ2) is 7.29. The molecule has 1 rings (SSSR count). The Morgan fingerprint density at radius 1 is 1.53 bits per heavy atom. The van der Waals surface area contributed by atoms with Gasteiger partial charge >= 0.3 is 0 Å². The van der Waals surface area contributed by atoms with Crippen LogP contribution in [-0.2, 0) is 11.3 Å². The number of aliphatic hydroxyl groups is 1. The summed E-state index contributed by atoms with van der Waals surface area (Å²) >= 11 is 3.37. The van der Waals surface area contributed by atoms with E-state index in [1.54, 1.807) is 7.11 Å². The Hall–Kier alpha value is -1.07. The Morgan fingerprint density at radius 2 is 2.29 bits per heavy atom. The van der Waals surface area contributed by atoms with Gasteiger partial charge in [-0.05, 0) is 24.6 Å². The summed E-state index contributed by atoms with van der Waals surface area (Å²) < 4.78 is 6.14. The molecule has 1 aromatic carbocycles. The molecule has 1 aromatic rings. The summed E-state index contributed by atoms with van der Waals surface area (Å²) in [5.41, 5.74) is 0.916. The van der Waals surface area contributed by atoms with Crippen LogP contribution in [0.2, 0.25) is 0 Å². The molecule has 0 aliphatic carbocycles. The number of carbonyl (C=O) groups is 1. The van der Waals surface area contributed by atoms with Crippen LogP contribution in [0.1, 0.15) is 18.4 Å². The molecule has 17 heavy (non-hydrogen) atoms. The third-order valence-corrected chi connectivity index (χ3v) is 2.77. The van der Waals surface area contributed by atoms with Gasteiger partial charge < -0.3 is 15.2 Å². The van der Waals surface area contributed by atoms with Crippen molar-refractivity contribution in [2.75, 3.05) is 13.7 Å². The maximum absolute atomic E-state index is 11.4. The van der Waals surface area contributed by atoms with Crippen LogP contribution in [0.5, 0.6) is 5.75 Å². The zero-order valence-electron chi connectivity index (χ0n) is 9.70. The zero-order valence-corrected chi connectivity index (χ0v) is 11.3. The maximum Gasteiger partial charge on any atom is 0.220 e. The first kappa shape index (κ1) is 14.0. The molecular formula is C12H16BrNO3. The van der Waals surface area contributed by atoms with E-state index in [2.05, 4.69) is 21.2 Å². The van der Waals surface area contributed by atoms with Crippen LogP contribution < -0.4 is 10.1 Å². The molecule has 4 nitrogen and oxygen atoms in total. The minimum atomic E-state index is -0.0684. The van der Waals surface area contributed by atoms with E-state index < -0.39 is 0 Å². The highest BCUT2D eigenvalue weighted by Gasteiger charge is 2.06. The van der Waals surface area contributed by atoms with Crippen molar-refractivity contribution in [1.82, 2.24) is 5.32 Å². The quantitative estimate of drug-likeness (QED) is 0.843. The maximum atomic E-state index is 11.4. The molecule has 0 aliphatic rings. The standard InChI is InChI=1S/C12H16BrNO3/c1-17-11-5-4-10(13)7-9(11)8-14-12(16)3-2-6-15/h4-5,7,15H,2-3,6,8H2,1H3,(H,14,16). The summed E-state index contributed by atoms with van der Waals surface area (Å²) in [6, 6.07) is 5.64. The molecule has 0 fully saturated rings. The van der Waals surface area contributed by atoms with Crippen molar-refractivity contribution in [2.45, 2.75) is 19.4 Å². The number of halogens is 1. The largest absolute Gasteiger partial charge is 0.496 e. The zero-order chi connectivity index (χ0) is 12.7. The lowest BCUT2D eigenvalue weighted by Crippen LogP contribution is -2.22. The fourth-order valence-electron chi connectivity index (χ4n) is 1.41. The summed E-state index contributed by atoms with van der Waals surface area (Å²) in [4.78, 5) is 11.4. The number of hydrogen-bond donors (Lipinski definition) is 2. The lowest BCUT2D eigenvalue weighted by atomic mass is 10.2. The smallest absolute Gasteiger partial charge is 0.220 e. The van der Waals surface area contributed by atoms with Crippen LogP contribution in [0.15, 0.2) is 22.7 Å². The predicted octanol–water partition coefficient (Wildman–Crippen LogP) is 1.85. The monoisotopic (exact) mass is 301 g/mol. The average Bonchev–Trinajstić information content (AvgIpc) is 2.34. The van der Waals surface area contributed by atoms with Gasteiger partial charge in [0.25, 0.3) is 0 Å². The molecule has 5 heteroatoms. The van der Waals surface area contributed by atoms with Crippen molar-refractivity contribution in [1.29, 1.82) is 0 Å². The summed E-state index contributed by atoms with van der Waals surface area (Å²) in [5, 5.41) is 11.4. The van der Waals surface area contributed by atoms with Crippen molar-refractivity contribution in [3.63, 3.8) is 0 Å². The number of carbonyl (C=O) groups excluding carboxylic acids is 1. The minimum absolute atomic E-state index is 0.0353. The lowest BCUT2D eigenvalue weighted by Gasteiger charge is -2.10. The molecule has 0 heterocycles. The summed E-state index contributed by atoms with van der Waals surface area (Å²) in [5.74, 6) is 0.678. The molecule has 0 unspecified atom stereocenters. The molecule has 1 amide bonds. The van der Waals surface area contributed by atoms with Gasteiger partial charge in [-0.1, -0.05) is 15.9 Å². The molecule has 0 aromatic heterocycles. The number of hydrogen-bond acceptors (Lipinski definition) is 3. The van der Waals surface area contributed by atoms with Crippen LogP contribution in [0.3, 0.4) is 0 Å². The van der Waals surface area contributed by atoms with Gasteiger partial charge in [-0.25, -0.2) is 0 Å². The van der Waals surface area contributed by atoms with E-state index in [4.69, 9.17) is 9.84 Å². The predicted molar refractivity (Wildman–Crippen MR) is 68.9 cm³/mol. The molecule has 0 saturated heterocycles. The van der Waals surface area contributed by atoms with Crippen LogP contribution in [0.4, 0.5) is 0 Å². The summed E-state index contributed by atoms with van der Waals surface area (Å²) in [6.07, 6.45) is 0.828. The first-order valence-corrected chi connectivity index (χ1v) is 6.16. The van der Waals surface area contributed by atoms with E-state index in [0.717, 1.165) is 15.8 Å². The van der Waals surface area contributed by atoms with Crippen molar-refractivity contribution in [2.24, 2.45) is 0 Å². The average molecular weight is 302 g/mol. The molecule has 0 bridgehead atoms. The van der Waals surface area contributed by atoms with E-state index in [1.165, 1.54) is 0 Å². The Morgan fingerprint density at radius 3 is 2.94 bits per heavy atom. The van der Waals surface area contributed by atoms with Gasteiger partial charge in [-0.15, -0.1) is 0 Å². The van der Waals surface area contributed by atoms with Crippen molar-refractivity contribution in [3.8, 4) is 5.75 Å². The molecule has 0 spiro atoms. The summed E-state index contributed by atoms with van der Waals surface area (Å²) in [7, 11) is 1.60. The molecule has 2 N–H and O–H groups in total. The number of methoxy groups -OCH3 is 1. The van der Waals surface area contributed by atoms with Crippen LogP contribution in [-0.4, -0.2) is 24.7 Å². The van der Waals surface area contributed by atoms with Gasteiger partial charge in [-0.2, -0.15) is 0 Å². The second-order valence-electron chi connectivity index (χ2n) is 3.56. The topological polar surface area (TPSA) is 58.6 Å². The van der Waals surface area contributed by atoms with E-state index in [1.807, 2.05) is 18.2 Å². The van der Waals surface area contributed by atoms with Gasteiger partial charge in [0.05, 0.1) is 7.11 Å². The molecule has 0 saturated carbocycles. The third kappa shape index (κ3) is 4.75. The first-order valence-electron chi connectivity index (χ1n) is 5.37. The highest BCUT2D eigenvalue weighted by Crippen LogP contribution is 2.22. The molecule has 0 radical (unpaired) electrons. The van der Waals surface area contributed by atoms with Gasteiger partial charge in [0.15, 0.2) is 0 Å². The Balaban J connectivity index is 2.56. The SMILES string of the molecule is COc1ccc(Br)cc1CNC(=O)CCCO. The number of ether oxygens (including phenoxy) is 1. The molecule has 94 valence electrons. The fraction of sp³-hybridized carbons (Fsp3) is 0.417. The number of rotatable bonds is 6. The van der Waals surface area contributed by atoms with Crippen LogP contribution >= 0.6 is 15.9 Å². The van der Waals surface area contributed by atoms with Crippen molar-refractivity contribution >= 4 is 21.8 Å². The highest BCUT2D eigenvalue weighted by molar-refractivity contribution is 9.10. The van der Waals surface area contributed by atoms with Crippen molar-refractivity contribution in [3.05, 3.63) is 28.2 Å². The van der Waals surface area contributed by atoms with E-state index in [0.29, 0.717) is 19.4 Å². The molecular weight excluding hydrogens is 286 g/mol. The normalized spacial score (nSPS) is 10.1. The highest BCUT2D eigenvalue weighted by atomic mass is 79.9. The number of amides is 1. The van der Waals surface area contributed by atoms with Crippen LogP contribution in [0.25, 0.3) is 0 Å².